The molecule has 0 aromatic heterocycles. The fourth-order valence-electron chi connectivity index (χ4n) is 3.17. The number of nitrogens with zero attached hydrogens (tertiary/aromatic N) is 1. The number of aryl methyl sites for hydroxylation is 1. The van der Waals surface area contributed by atoms with Gasteiger partial charge >= 0.3 is 5.97 Å². The van der Waals surface area contributed by atoms with Gasteiger partial charge in [0.15, 0.2) is 0 Å². The number of benzene rings is 1. The second-order valence-corrected chi connectivity index (χ2v) is 6.55. The molecule has 0 saturated carbocycles. The van der Waals surface area contributed by atoms with Crippen LogP contribution in [-0.4, -0.2) is 47.7 Å². The van der Waals surface area contributed by atoms with Crippen LogP contribution in [0.2, 0.25) is 0 Å². The fourth-order valence-corrected chi connectivity index (χ4v) is 3.17. The van der Waals surface area contributed by atoms with Crippen molar-refractivity contribution < 1.29 is 23.8 Å². The standard InChI is InChI=1S/C19H26FNO4/c1-14(6-7-15-4-2-3-5-17(15)20)19(24)21(11-8-18(22)23)16-9-12-25-13-10-16/h2-5,14,16H,6-13H2,1H3,(H,22,23)/t14-/m1/s1. The van der Waals surface area contributed by atoms with E-state index in [0.717, 1.165) is 12.8 Å². The van der Waals surface area contributed by atoms with Gasteiger partial charge in [0.05, 0.1) is 6.42 Å². The number of amides is 1. The average Bonchev–Trinajstić information content (AvgIpc) is 2.61. The monoisotopic (exact) mass is 351 g/mol. The summed E-state index contributed by atoms with van der Waals surface area (Å²) in [6.07, 6.45) is 2.41. The highest BCUT2D eigenvalue weighted by Gasteiger charge is 2.29. The molecule has 138 valence electrons. The number of ether oxygens (including phenoxy) is 1. The number of rotatable bonds is 8. The lowest BCUT2D eigenvalue weighted by Gasteiger charge is -2.35. The van der Waals surface area contributed by atoms with Crippen LogP contribution in [0.1, 0.15) is 38.2 Å². The summed E-state index contributed by atoms with van der Waals surface area (Å²) in [6, 6.07) is 6.60. The number of halogens is 1. The number of aliphatic carboxylic acids is 1. The third kappa shape index (κ3) is 5.81. The molecule has 1 aromatic carbocycles. The predicted molar refractivity (Wildman–Crippen MR) is 91.7 cm³/mol. The molecule has 0 bridgehead atoms. The van der Waals surface area contributed by atoms with Crippen LogP contribution >= 0.6 is 0 Å². The van der Waals surface area contributed by atoms with Crippen LogP contribution in [0.25, 0.3) is 0 Å². The van der Waals surface area contributed by atoms with Crippen molar-refractivity contribution in [1.29, 1.82) is 0 Å². The van der Waals surface area contributed by atoms with Gasteiger partial charge in [-0.15, -0.1) is 0 Å². The Labute approximate surface area is 147 Å². The van der Waals surface area contributed by atoms with Gasteiger partial charge in [0, 0.05) is 31.7 Å². The summed E-state index contributed by atoms with van der Waals surface area (Å²) in [5.74, 6) is -1.50. The van der Waals surface area contributed by atoms with E-state index in [-0.39, 0.29) is 36.6 Å². The Balaban J connectivity index is 1.98. The number of hydrogen-bond acceptors (Lipinski definition) is 3. The third-order valence-electron chi connectivity index (χ3n) is 4.71. The zero-order valence-corrected chi connectivity index (χ0v) is 14.6. The zero-order chi connectivity index (χ0) is 18.2. The van der Waals surface area contributed by atoms with Crippen LogP contribution in [0.3, 0.4) is 0 Å². The summed E-state index contributed by atoms with van der Waals surface area (Å²) in [5.41, 5.74) is 0.602. The van der Waals surface area contributed by atoms with Gasteiger partial charge in [0.2, 0.25) is 5.91 Å². The van der Waals surface area contributed by atoms with E-state index in [1.165, 1.54) is 6.07 Å². The maximum atomic E-state index is 13.7. The molecular formula is C19H26FNO4. The van der Waals surface area contributed by atoms with Crippen LogP contribution in [0.5, 0.6) is 0 Å². The molecule has 1 saturated heterocycles. The maximum absolute atomic E-state index is 13.7. The Morgan fingerprint density at radius 1 is 1.32 bits per heavy atom. The van der Waals surface area contributed by atoms with Gasteiger partial charge in [-0.3, -0.25) is 9.59 Å². The molecule has 1 aliphatic rings. The summed E-state index contributed by atoms with van der Waals surface area (Å²) in [5, 5.41) is 8.96. The van der Waals surface area contributed by atoms with Gasteiger partial charge in [-0.25, -0.2) is 4.39 Å². The normalized spacial score (nSPS) is 16.4. The van der Waals surface area contributed by atoms with E-state index in [9.17, 15) is 14.0 Å². The highest BCUT2D eigenvalue weighted by atomic mass is 19.1. The number of carboxylic acid groups (broad SMARTS) is 1. The van der Waals surface area contributed by atoms with E-state index >= 15 is 0 Å². The Hall–Kier alpha value is -1.95. The van der Waals surface area contributed by atoms with Gasteiger partial charge < -0.3 is 14.7 Å². The van der Waals surface area contributed by atoms with E-state index in [2.05, 4.69) is 0 Å². The Kier molecular flexibility index (Phi) is 7.37. The summed E-state index contributed by atoms with van der Waals surface area (Å²) in [7, 11) is 0. The molecule has 0 aliphatic carbocycles. The smallest absolute Gasteiger partial charge is 0.305 e. The minimum atomic E-state index is -0.913. The van der Waals surface area contributed by atoms with E-state index in [4.69, 9.17) is 9.84 Å². The lowest BCUT2D eigenvalue weighted by molar-refractivity contribution is -0.142. The van der Waals surface area contributed by atoms with Crippen LogP contribution in [-0.2, 0) is 20.7 Å². The van der Waals surface area contributed by atoms with Crippen molar-refractivity contribution in [2.45, 2.75) is 45.1 Å². The molecule has 0 unspecified atom stereocenters. The molecule has 1 fully saturated rings. The molecule has 0 radical (unpaired) electrons. The van der Waals surface area contributed by atoms with Crippen molar-refractivity contribution in [2.24, 2.45) is 5.92 Å². The number of hydrogen-bond donors (Lipinski definition) is 1. The largest absolute Gasteiger partial charge is 0.481 e. The molecule has 5 nitrogen and oxygen atoms in total. The van der Waals surface area contributed by atoms with Crippen molar-refractivity contribution in [3.05, 3.63) is 35.6 Å². The second kappa shape index (κ2) is 9.51. The maximum Gasteiger partial charge on any atom is 0.305 e. The van der Waals surface area contributed by atoms with Crippen LogP contribution < -0.4 is 0 Å². The van der Waals surface area contributed by atoms with E-state index in [1.807, 2.05) is 6.92 Å². The predicted octanol–water partition coefficient (Wildman–Crippen LogP) is 2.88. The summed E-state index contributed by atoms with van der Waals surface area (Å²) >= 11 is 0. The van der Waals surface area contributed by atoms with Gasteiger partial charge in [-0.1, -0.05) is 25.1 Å². The molecule has 1 amide bonds. The van der Waals surface area contributed by atoms with Crippen molar-refractivity contribution in [1.82, 2.24) is 4.90 Å². The highest BCUT2D eigenvalue weighted by Crippen LogP contribution is 2.20. The van der Waals surface area contributed by atoms with Gasteiger partial charge in [-0.05, 0) is 37.3 Å². The number of carbonyl (C=O) groups is 2. The molecule has 1 aromatic rings. The van der Waals surface area contributed by atoms with E-state index < -0.39 is 5.97 Å². The van der Waals surface area contributed by atoms with Gasteiger partial charge in [0.25, 0.3) is 0 Å². The number of carboxylic acids is 1. The average molecular weight is 351 g/mol. The summed E-state index contributed by atoms with van der Waals surface area (Å²) in [6.45, 7) is 3.22. The van der Waals surface area contributed by atoms with Crippen molar-refractivity contribution >= 4 is 11.9 Å². The molecule has 1 aliphatic heterocycles. The van der Waals surface area contributed by atoms with Crippen LogP contribution in [0.15, 0.2) is 24.3 Å². The Bertz CT molecular complexity index is 587. The van der Waals surface area contributed by atoms with Crippen molar-refractivity contribution in [3.63, 3.8) is 0 Å². The molecule has 25 heavy (non-hydrogen) atoms. The second-order valence-electron chi connectivity index (χ2n) is 6.55. The molecule has 1 heterocycles. The first kappa shape index (κ1) is 19.4. The first-order chi connectivity index (χ1) is 12.0. The zero-order valence-electron chi connectivity index (χ0n) is 14.6. The lowest BCUT2D eigenvalue weighted by Crippen LogP contribution is -2.46. The molecular weight excluding hydrogens is 325 g/mol. The molecule has 6 heteroatoms. The minimum Gasteiger partial charge on any atom is -0.481 e. The third-order valence-corrected chi connectivity index (χ3v) is 4.71. The lowest BCUT2D eigenvalue weighted by atomic mass is 9.97. The van der Waals surface area contributed by atoms with Gasteiger partial charge in [0.1, 0.15) is 5.82 Å². The first-order valence-corrected chi connectivity index (χ1v) is 8.82. The van der Waals surface area contributed by atoms with Crippen molar-refractivity contribution in [3.8, 4) is 0 Å². The summed E-state index contributed by atoms with van der Waals surface area (Å²) < 4.78 is 19.1. The quantitative estimate of drug-likeness (QED) is 0.782. The van der Waals surface area contributed by atoms with Gasteiger partial charge in [-0.2, -0.15) is 0 Å². The fraction of sp³-hybridized carbons (Fsp3) is 0.579. The molecule has 2 rings (SSSR count). The SMILES string of the molecule is C[C@H](CCc1ccccc1F)C(=O)N(CCC(=O)O)C1CCOCC1. The van der Waals surface area contributed by atoms with Crippen LogP contribution in [0.4, 0.5) is 4.39 Å². The van der Waals surface area contributed by atoms with E-state index in [0.29, 0.717) is 31.6 Å². The Morgan fingerprint density at radius 3 is 2.64 bits per heavy atom. The minimum absolute atomic E-state index is 0.0245. The molecule has 1 atom stereocenters. The van der Waals surface area contributed by atoms with Crippen molar-refractivity contribution in [2.75, 3.05) is 19.8 Å². The Morgan fingerprint density at radius 2 is 2.00 bits per heavy atom. The summed E-state index contributed by atoms with van der Waals surface area (Å²) in [4.78, 5) is 25.5. The van der Waals surface area contributed by atoms with E-state index in [1.54, 1.807) is 23.1 Å². The molecule has 1 N–H and O–H groups in total. The first-order valence-electron chi connectivity index (χ1n) is 8.82. The number of carbonyl (C=O) groups excluding carboxylic acids is 1. The molecule has 0 spiro atoms. The van der Waals surface area contributed by atoms with Crippen LogP contribution in [0, 0.1) is 11.7 Å². The highest BCUT2D eigenvalue weighted by molar-refractivity contribution is 5.79. The topological polar surface area (TPSA) is 66.8 Å².